The van der Waals surface area contributed by atoms with Gasteiger partial charge in [0.15, 0.2) is 0 Å². The summed E-state index contributed by atoms with van der Waals surface area (Å²) in [5.74, 6) is -0.838. The molecule has 2 aromatic rings. The molecule has 0 bridgehead atoms. The molecule has 1 saturated heterocycles. The number of amides is 3. The minimum atomic E-state index is -3.92. The molecule has 3 amide bonds. The van der Waals surface area contributed by atoms with Crippen molar-refractivity contribution in [1.82, 2.24) is 4.90 Å². The highest BCUT2D eigenvalue weighted by atomic mass is 32.2. The predicted octanol–water partition coefficient (Wildman–Crippen LogP) is 3.01. The average molecular weight is 512 g/mol. The van der Waals surface area contributed by atoms with Crippen LogP contribution in [0.1, 0.15) is 48.9 Å². The summed E-state index contributed by atoms with van der Waals surface area (Å²) in [6.45, 7) is 0.295. The SMILES string of the molecule is COc1cccc(C(=O)N(CCC2=CCCCC2)C2CC(=O)N(c3ccc(S(N)(=O)=O)cc3)C2=O)c1. The first-order valence-corrected chi connectivity index (χ1v) is 13.4. The molecule has 36 heavy (non-hydrogen) atoms. The van der Waals surface area contributed by atoms with Crippen LogP contribution in [0.2, 0.25) is 0 Å². The van der Waals surface area contributed by atoms with Crippen LogP contribution in [0.4, 0.5) is 5.69 Å². The lowest BCUT2D eigenvalue weighted by Crippen LogP contribution is -2.46. The highest BCUT2D eigenvalue weighted by molar-refractivity contribution is 7.89. The maximum Gasteiger partial charge on any atom is 0.257 e. The fourth-order valence-electron chi connectivity index (χ4n) is 4.63. The molecule has 4 rings (SSSR count). The summed E-state index contributed by atoms with van der Waals surface area (Å²) in [5.41, 5.74) is 1.84. The normalized spacial score (nSPS) is 18.2. The van der Waals surface area contributed by atoms with Crippen LogP contribution in [0, 0.1) is 0 Å². The Labute approximate surface area is 210 Å². The van der Waals surface area contributed by atoms with Crippen LogP contribution in [0.25, 0.3) is 0 Å². The van der Waals surface area contributed by atoms with Crippen molar-refractivity contribution >= 4 is 33.4 Å². The Morgan fingerprint density at radius 2 is 1.89 bits per heavy atom. The van der Waals surface area contributed by atoms with Gasteiger partial charge in [0.2, 0.25) is 15.9 Å². The van der Waals surface area contributed by atoms with E-state index in [-0.39, 0.29) is 22.9 Å². The van der Waals surface area contributed by atoms with E-state index in [0.717, 1.165) is 30.6 Å². The Kier molecular flexibility index (Phi) is 7.56. The van der Waals surface area contributed by atoms with Gasteiger partial charge in [0.1, 0.15) is 11.8 Å². The number of carbonyl (C=O) groups is 3. The Morgan fingerprint density at radius 1 is 1.14 bits per heavy atom. The molecule has 0 aromatic heterocycles. The zero-order chi connectivity index (χ0) is 25.9. The van der Waals surface area contributed by atoms with Gasteiger partial charge in [-0.1, -0.05) is 17.7 Å². The fraction of sp³-hybridized carbons (Fsp3) is 0.346. The second-order valence-electron chi connectivity index (χ2n) is 8.91. The summed E-state index contributed by atoms with van der Waals surface area (Å²) in [7, 11) is -2.41. The Morgan fingerprint density at radius 3 is 2.53 bits per heavy atom. The molecule has 10 heteroatoms. The van der Waals surface area contributed by atoms with E-state index in [1.54, 1.807) is 24.3 Å². The zero-order valence-corrected chi connectivity index (χ0v) is 20.9. The molecule has 2 N–H and O–H groups in total. The molecular formula is C26H29N3O6S. The van der Waals surface area contributed by atoms with Crippen molar-refractivity contribution in [2.24, 2.45) is 5.14 Å². The molecule has 1 aliphatic heterocycles. The number of ether oxygens (including phenoxy) is 1. The number of carbonyl (C=O) groups excluding carboxylic acids is 3. The molecule has 2 aromatic carbocycles. The van der Waals surface area contributed by atoms with Gasteiger partial charge < -0.3 is 9.64 Å². The number of nitrogens with two attached hydrogens (primary N) is 1. The number of hydrogen-bond donors (Lipinski definition) is 1. The minimum Gasteiger partial charge on any atom is -0.497 e. The van der Waals surface area contributed by atoms with Crippen molar-refractivity contribution in [1.29, 1.82) is 0 Å². The lowest BCUT2D eigenvalue weighted by Gasteiger charge is -2.29. The van der Waals surface area contributed by atoms with Crippen molar-refractivity contribution in [3.8, 4) is 5.75 Å². The van der Waals surface area contributed by atoms with Crippen LogP contribution >= 0.6 is 0 Å². The van der Waals surface area contributed by atoms with Crippen LogP contribution in [-0.4, -0.2) is 50.7 Å². The van der Waals surface area contributed by atoms with E-state index < -0.39 is 27.9 Å². The average Bonchev–Trinajstić information content (AvgIpc) is 3.17. The maximum absolute atomic E-state index is 13.6. The van der Waals surface area contributed by atoms with E-state index in [9.17, 15) is 22.8 Å². The molecule has 9 nitrogen and oxygen atoms in total. The molecule has 1 aliphatic carbocycles. The van der Waals surface area contributed by atoms with Crippen LogP contribution < -0.4 is 14.8 Å². The van der Waals surface area contributed by atoms with Gasteiger partial charge in [0.05, 0.1) is 24.1 Å². The largest absolute Gasteiger partial charge is 0.497 e. The van der Waals surface area contributed by atoms with E-state index in [1.807, 2.05) is 0 Å². The summed E-state index contributed by atoms with van der Waals surface area (Å²) >= 11 is 0. The Balaban J connectivity index is 1.62. The number of primary sulfonamides is 1. The number of methoxy groups -OCH3 is 1. The molecule has 190 valence electrons. The molecule has 0 saturated carbocycles. The number of imide groups is 1. The summed E-state index contributed by atoms with van der Waals surface area (Å²) in [6, 6.07) is 10.9. The van der Waals surface area contributed by atoms with E-state index in [1.165, 1.54) is 41.8 Å². The second-order valence-corrected chi connectivity index (χ2v) is 10.5. The molecular weight excluding hydrogens is 482 g/mol. The smallest absolute Gasteiger partial charge is 0.257 e. The lowest BCUT2D eigenvalue weighted by atomic mass is 9.96. The van der Waals surface area contributed by atoms with Crippen molar-refractivity contribution in [2.75, 3.05) is 18.6 Å². The van der Waals surface area contributed by atoms with Gasteiger partial charge in [0, 0.05) is 12.1 Å². The number of anilines is 1. The number of benzene rings is 2. The monoisotopic (exact) mass is 511 g/mol. The number of sulfonamides is 1. The highest BCUT2D eigenvalue weighted by Crippen LogP contribution is 2.29. The van der Waals surface area contributed by atoms with Crippen LogP contribution in [0.15, 0.2) is 65.1 Å². The first-order valence-electron chi connectivity index (χ1n) is 11.8. The number of hydrogen-bond acceptors (Lipinski definition) is 6. The number of rotatable bonds is 8. The molecule has 0 radical (unpaired) electrons. The predicted molar refractivity (Wildman–Crippen MR) is 134 cm³/mol. The van der Waals surface area contributed by atoms with Gasteiger partial charge in [-0.15, -0.1) is 0 Å². The molecule has 1 heterocycles. The Bertz CT molecular complexity index is 1300. The van der Waals surface area contributed by atoms with E-state index in [2.05, 4.69) is 6.08 Å². The van der Waals surface area contributed by atoms with Gasteiger partial charge in [0.25, 0.3) is 11.8 Å². The standard InChI is InChI=1S/C26H29N3O6S/c1-35-21-9-5-8-19(16-21)25(31)28(15-14-18-6-3-2-4-7-18)23-17-24(30)29(26(23)32)20-10-12-22(13-11-20)36(27,33)34/h5-6,8-13,16,23H,2-4,7,14-15,17H2,1H3,(H2,27,33,34). The summed E-state index contributed by atoms with van der Waals surface area (Å²) in [5, 5.41) is 5.15. The molecule has 0 spiro atoms. The Hall–Kier alpha value is -3.50. The van der Waals surface area contributed by atoms with Gasteiger partial charge >= 0.3 is 0 Å². The van der Waals surface area contributed by atoms with Gasteiger partial charge in [-0.2, -0.15) is 0 Å². The maximum atomic E-state index is 13.6. The van der Waals surface area contributed by atoms with E-state index in [4.69, 9.17) is 9.88 Å². The van der Waals surface area contributed by atoms with Gasteiger partial charge in [-0.25, -0.2) is 18.5 Å². The zero-order valence-electron chi connectivity index (χ0n) is 20.1. The summed E-state index contributed by atoms with van der Waals surface area (Å²) in [6.07, 6.45) is 6.85. The third-order valence-corrected chi connectivity index (χ3v) is 7.49. The number of allylic oxidation sites excluding steroid dienone is 1. The fourth-order valence-corrected chi connectivity index (χ4v) is 5.15. The molecule has 2 aliphatic rings. The summed E-state index contributed by atoms with van der Waals surface area (Å²) < 4.78 is 28.4. The van der Waals surface area contributed by atoms with Crippen molar-refractivity contribution in [2.45, 2.75) is 49.5 Å². The highest BCUT2D eigenvalue weighted by Gasteiger charge is 2.44. The lowest BCUT2D eigenvalue weighted by molar-refractivity contribution is -0.122. The van der Waals surface area contributed by atoms with Gasteiger partial charge in [-0.05, 0) is 74.6 Å². The summed E-state index contributed by atoms with van der Waals surface area (Å²) in [4.78, 5) is 42.4. The van der Waals surface area contributed by atoms with Crippen molar-refractivity contribution in [3.05, 3.63) is 65.7 Å². The van der Waals surface area contributed by atoms with E-state index in [0.29, 0.717) is 24.3 Å². The van der Waals surface area contributed by atoms with Crippen LogP contribution in [-0.2, 0) is 19.6 Å². The molecule has 1 unspecified atom stereocenters. The van der Waals surface area contributed by atoms with E-state index >= 15 is 0 Å². The third kappa shape index (κ3) is 5.50. The van der Waals surface area contributed by atoms with Crippen molar-refractivity contribution < 1.29 is 27.5 Å². The molecule has 1 atom stereocenters. The van der Waals surface area contributed by atoms with Crippen molar-refractivity contribution in [3.63, 3.8) is 0 Å². The molecule has 1 fully saturated rings. The van der Waals surface area contributed by atoms with Crippen LogP contribution in [0.5, 0.6) is 5.75 Å². The quantitative estimate of drug-likeness (QED) is 0.429. The third-order valence-electron chi connectivity index (χ3n) is 6.56. The second kappa shape index (κ2) is 10.6. The number of nitrogens with zero attached hydrogens (tertiary/aromatic N) is 2. The first kappa shape index (κ1) is 25.6. The van der Waals surface area contributed by atoms with Crippen LogP contribution in [0.3, 0.4) is 0 Å². The minimum absolute atomic E-state index is 0.127. The first-order chi connectivity index (χ1) is 17.2. The topological polar surface area (TPSA) is 127 Å². The van der Waals surface area contributed by atoms with Gasteiger partial charge in [-0.3, -0.25) is 14.4 Å².